The second-order valence-corrected chi connectivity index (χ2v) is 12.2. The molecule has 3 heterocycles. The molecule has 3 aromatic carbocycles. The molecule has 0 aromatic heterocycles. The first kappa shape index (κ1) is 29.0. The number of carbonyl (C=O) groups excluding carboxylic acids is 2. The maximum absolute atomic E-state index is 13.8. The molecular weight excluding hydrogens is 636 g/mol. The van der Waals surface area contributed by atoms with Crippen LogP contribution >= 0.6 is 58.2 Å². The predicted molar refractivity (Wildman–Crippen MR) is 154 cm³/mol. The van der Waals surface area contributed by atoms with E-state index in [9.17, 15) is 14.7 Å². The van der Waals surface area contributed by atoms with Gasteiger partial charge in [-0.05, 0) is 24.3 Å². The van der Waals surface area contributed by atoms with Crippen LogP contribution in [0, 0.1) is 0 Å². The number of thioether (sulfide) groups is 1. The number of carbonyl (C=O) groups is 2. The first-order valence-corrected chi connectivity index (χ1v) is 14.8. The number of halogens is 4. The van der Waals surface area contributed by atoms with E-state index >= 15 is 0 Å². The monoisotopic (exact) mass is 655 g/mol. The Hall–Kier alpha value is -2.05. The molecule has 0 radical (unpaired) electrons. The standard InChI is InChI=1S/C28H21Cl4NO7S/c1-37-13-9-7-12(8-10-13)27-38-11-15-24(40-27)23(34)22(28(39-15)41-14-5-3-2-4-6-14)33-25(35)16-17(26(33)36)19(30)21(32)20(31)18(16)29/h2-10,15,22-24,27-28,34H,11H2,1H3/t15-,22-,23-,24-,27?,28+/m1/s1. The molecule has 2 saturated heterocycles. The molecule has 0 bridgehead atoms. The third-order valence-corrected chi connectivity index (χ3v) is 10.1. The molecule has 214 valence electrons. The van der Waals surface area contributed by atoms with Crippen LogP contribution in [-0.2, 0) is 14.2 Å². The predicted octanol–water partition coefficient (Wildman–Crippen LogP) is 6.27. The van der Waals surface area contributed by atoms with E-state index in [2.05, 4.69) is 0 Å². The number of methoxy groups -OCH3 is 1. The lowest BCUT2D eigenvalue weighted by Crippen LogP contribution is -2.66. The molecule has 0 spiro atoms. The fourth-order valence-corrected chi connectivity index (χ4v) is 7.37. The average Bonchev–Trinajstić information content (AvgIpc) is 3.25. The van der Waals surface area contributed by atoms with E-state index in [-0.39, 0.29) is 37.8 Å². The van der Waals surface area contributed by atoms with Crippen LogP contribution < -0.4 is 4.74 Å². The number of benzene rings is 3. The molecule has 41 heavy (non-hydrogen) atoms. The van der Waals surface area contributed by atoms with Crippen molar-refractivity contribution in [1.82, 2.24) is 4.90 Å². The molecule has 0 aliphatic carbocycles. The number of imide groups is 1. The van der Waals surface area contributed by atoms with Gasteiger partial charge in [-0.2, -0.15) is 0 Å². The molecule has 2 amide bonds. The molecule has 3 aliphatic rings. The molecule has 2 fully saturated rings. The van der Waals surface area contributed by atoms with Crippen LogP contribution in [0.3, 0.4) is 0 Å². The number of nitrogens with zero attached hydrogens (tertiary/aromatic N) is 1. The summed E-state index contributed by atoms with van der Waals surface area (Å²) in [5.41, 5.74) is -0.572. The van der Waals surface area contributed by atoms with Crippen LogP contribution in [-0.4, -0.2) is 65.3 Å². The third-order valence-electron chi connectivity index (χ3n) is 7.15. The van der Waals surface area contributed by atoms with Crippen LogP contribution in [0.4, 0.5) is 0 Å². The lowest BCUT2D eigenvalue weighted by Gasteiger charge is -2.49. The van der Waals surface area contributed by atoms with Crippen LogP contribution in [0.15, 0.2) is 59.5 Å². The van der Waals surface area contributed by atoms with E-state index < -0.39 is 47.9 Å². The smallest absolute Gasteiger partial charge is 0.263 e. The van der Waals surface area contributed by atoms with Crippen molar-refractivity contribution in [2.24, 2.45) is 0 Å². The maximum atomic E-state index is 13.8. The fourth-order valence-electron chi connectivity index (χ4n) is 5.15. The highest BCUT2D eigenvalue weighted by Crippen LogP contribution is 2.48. The quantitative estimate of drug-likeness (QED) is 0.195. The summed E-state index contributed by atoms with van der Waals surface area (Å²) in [4.78, 5) is 29.3. The number of aliphatic hydroxyl groups is 1. The molecule has 0 saturated carbocycles. The van der Waals surface area contributed by atoms with Gasteiger partial charge in [-0.25, -0.2) is 0 Å². The molecule has 6 rings (SSSR count). The molecule has 1 unspecified atom stereocenters. The average molecular weight is 657 g/mol. The van der Waals surface area contributed by atoms with Crippen molar-refractivity contribution in [2.45, 2.75) is 41.0 Å². The number of amides is 2. The van der Waals surface area contributed by atoms with E-state index in [4.69, 9.17) is 65.4 Å². The first-order chi connectivity index (χ1) is 19.7. The van der Waals surface area contributed by atoms with Crippen LogP contribution in [0.2, 0.25) is 20.1 Å². The van der Waals surface area contributed by atoms with Crippen molar-refractivity contribution in [1.29, 1.82) is 0 Å². The maximum Gasteiger partial charge on any atom is 0.263 e. The Morgan fingerprint density at radius 3 is 2.07 bits per heavy atom. The van der Waals surface area contributed by atoms with Crippen LogP contribution in [0.25, 0.3) is 0 Å². The summed E-state index contributed by atoms with van der Waals surface area (Å²) in [6.45, 7) is 0.0992. The fraction of sp³-hybridized carbons (Fsp3) is 0.286. The minimum Gasteiger partial charge on any atom is -0.497 e. The van der Waals surface area contributed by atoms with Crippen molar-refractivity contribution in [2.75, 3.05) is 13.7 Å². The lowest BCUT2D eigenvalue weighted by atomic mass is 9.95. The zero-order chi connectivity index (χ0) is 29.0. The molecule has 8 nitrogen and oxygen atoms in total. The Labute approximate surface area is 259 Å². The van der Waals surface area contributed by atoms with E-state index in [1.807, 2.05) is 30.3 Å². The zero-order valence-electron chi connectivity index (χ0n) is 21.1. The minimum absolute atomic E-state index is 0.0992. The number of hydrogen-bond acceptors (Lipinski definition) is 8. The van der Waals surface area contributed by atoms with Gasteiger partial charge >= 0.3 is 0 Å². The summed E-state index contributed by atoms with van der Waals surface area (Å²) in [7, 11) is 1.56. The number of aliphatic hydroxyl groups excluding tert-OH is 1. The van der Waals surface area contributed by atoms with Crippen molar-refractivity contribution >= 4 is 70.0 Å². The SMILES string of the molecule is COc1ccc(C2OC[C@H]3O[C@@H](Sc4ccccc4)[C@H](N4C(=O)c5c(Cl)c(Cl)c(Cl)c(Cl)c5C4=O)[C@@H](O)[C@@H]3O2)cc1. The number of hydrogen-bond donors (Lipinski definition) is 1. The highest BCUT2D eigenvalue weighted by molar-refractivity contribution is 7.99. The Morgan fingerprint density at radius 2 is 1.49 bits per heavy atom. The van der Waals surface area contributed by atoms with Crippen molar-refractivity contribution < 1.29 is 33.6 Å². The highest BCUT2D eigenvalue weighted by Gasteiger charge is 2.56. The van der Waals surface area contributed by atoms with Gasteiger partial charge in [-0.3, -0.25) is 14.5 Å². The topological polar surface area (TPSA) is 94.5 Å². The largest absolute Gasteiger partial charge is 0.497 e. The van der Waals surface area contributed by atoms with Gasteiger partial charge in [-0.1, -0.05) is 88.5 Å². The van der Waals surface area contributed by atoms with E-state index in [0.29, 0.717) is 11.3 Å². The Kier molecular flexibility index (Phi) is 8.19. The summed E-state index contributed by atoms with van der Waals surface area (Å²) in [5.74, 6) is -0.898. The van der Waals surface area contributed by atoms with E-state index in [1.54, 1.807) is 31.4 Å². The Morgan fingerprint density at radius 1 is 0.878 bits per heavy atom. The number of rotatable bonds is 5. The van der Waals surface area contributed by atoms with Gasteiger partial charge in [0.05, 0.1) is 44.9 Å². The highest BCUT2D eigenvalue weighted by atomic mass is 35.5. The summed E-state index contributed by atoms with van der Waals surface area (Å²) in [6, 6.07) is 15.2. The molecule has 6 atom stereocenters. The first-order valence-electron chi connectivity index (χ1n) is 12.4. The number of ether oxygens (including phenoxy) is 4. The summed E-state index contributed by atoms with van der Waals surface area (Å²) >= 11 is 26.4. The number of fused-ring (bicyclic) bond motifs is 2. The second-order valence-electron chi connectivity index (χ2n) is 9.48. The Balaban J connectivity index is 1.37. The molecule has 3 aromatic rings. The van der Waals surface area contributed by atoms with Crippen molar-refractivity contribution in [3.63, 3.8) is 0 Å². The lowest BCUT2D eigenvalue weighted by molar-refractivity contribution is -0.310. The molecule has 3 aliphatic heterocycles. The summed E-state index contributed by atoms with van der Waals surface area (Å²) < 4.78 is 23.7. The van der Waals surface area contributed by atoms with Crippen LogP contribution in [0.5, 0.6) is 5.75 Å². The van der Waals surface area contributed by atoms with Gasteiger partial charge in [0.25, 0.3) is 11.8 Å². The van der Waals surface area contributed by atoms with Gasteiger partial charge in [0.1, 0.15) is 35.5 Å². The Bertz CT molecular complexity index is 1460. The molecular formula is C28H21Cl4NO7S. The zero-order valence-corrected chi connectivity index (χ0v) is 25.0. The molecule has 1 N–H and O–H groups in total. The molecule has 13 heteroatoms. The van der Waals surface area contributed by atoms with Gasteiger partial charge < -0.3 is 24.1 Å². The van der Waals surface area contributed by atoms with E-state index in [0.717, 1.165) is 9.80 Å². The van der Waals surface area contributed by atoms with Gasteiger partial charge in [0.2, 0.25) is 0 Å². The summed E-state index contributed by atoms with van der Waals surface area (Å²) in [5, 5.41) is 11.1. The van der Waals surface area contributed by atoms with E-state index in [1.165, 1.54) is 11.8 Å². The van der Waals surface area contributed by atoms with Crippen molar-refractivity contribution in [3.8, 4) is 5.75 Å². The van der Waals surface area contributed by atoms with Crippen molar-refractivity contribution in [3.05, 3.63) is 91.4 Å². The minimum atomic E-state index is -1.37. The normalized spacial score (nSPS) is 27.5. The summed E-state index contributed by atoms with van der Waals surface area (Å²) in [6.07, 6.45) is -3.84. The second kappa shape index (κ2) is 11.6. The third kappa shape index (κ3) is 5.01. The van der Waals surface area contributed by atoms with Crippen LogP contribution in [0.1, 0.15) is 32.6 Å². The van der Waals surface area contributed by atoms with Gasteiger partial charge in [0.15, 0.2) is 6.29 Å². The van der Waals surface area contributed by atoms with Gasteiger partial charge in [-0.15, -0.1) is 0 Å². The van der Waals surface area contributed by atoms with Gasteiger partial charge in [0, 0.05) is 10.5 Å².